The van der Waals surface area contributed by atoms with Crippen molar-refractivity contribution in [2.24, 2.45) is 0 Å². The van der Waals surface area contributed by atoms with Crippen LogP contribution in [0.3, 0.4) is 0 Å². The molecule has 6 nitrogen and oxygen atoms in total. The number of anilines is 2. The Morgan fingerprint density at radius 3 is 2.23 bits per heavy atom. The summed E-state index contributed by atoms with van der Waals surface area (Å²) < 4.78 is 31.8. The van der Waals surface area contributed by atoms with Gasteiger partial charge in [-0.25, -0.2) is 8.42 Å². The molecule has 140 valence electrons. The first-order valence-corrected chi connectivity index (χ1v) is 10.1. The summed E-state index contributed by atoms with van der Waals surface area (Å²) in [5.74, 6) is 0.753. The maximum atomic E-state index is 12.6. The molecule has 26 heavy (non-hydrogen) atoms. The van der Waals surface area contributed by atoms with Crippen molar-refractivity contribution in [1.29, 1.82) is 0 Å². The summed E-state index contributed by atoms with van der Waals surface area (Å²) in [6.07, 6.45) is 0. The lowest BCUT2D eigenvalue weighted by molar-refractivity contribution is 0.415. The Balaban J connectivity index is 2.11. The van der Waals surface area contributed by atoms with Crippen LogP contribution in [-0.2, 0) is 10.0 Å². The van der Waals surface area contributed by atoms with Crippen molar-refractivity contribution in [2.45, 2.75) is 18.7 Å². The zero-order valence-electron chi connectivity index (χ0n) is 15.0. The number of nitrogens with one attached hydrogen (secondary N) is 2. The second-order valence-electron chi connectivity index (χ2n) is 5.42. The first kappa shape index (κ1) is 20.2. The van der Waals surface area contributed by atoms with Crippen molar-refractivity contribution in [3.63, 3.8) is 0 Å². The van der Waals surface area contributed by atoms with Crippen molar-refractivity contribution >= 4 is 38.7 Å². The number of hydrogen-bond acceptors (Lipinski definition) is 4. The van der Waals surface area contributed by atoms with Crippen LogP contribution in [-0.4, -0.2) is 38.0 Å². The highest BCUT2D eigenvalue weighted by molar-refractivity contribution is 7.89. The van der Waals surface area contributed by atoms with E-state index in [4.69, 9.17) is 17.0 Å². The largest absolute Gasteiger partial charge is 0.497 e. The van der Waals surface area contributed by atoms with E-state index in [0.717, 1.165) is 11.4 Å². The number of sulfonamides is 1. The molecule has 0 fully saturated rings. The van der Waals surface area contributed by atoms with Gasteiger partial charge in [0.15, 0.2) is 5.11 Å². The Hall–Kier alpha value is -2.16. The topological polar surface area (TPSA) is 70.7 Å². The molecule has 8 heteroatoms. The number of nitrogens with zero attached hydrogens (tertiary/aromatic N) is 1. The van der Waals surface area contributed by atoms with Gasteiger partial charge in [-0.15, -0.1) is 0 Å². The predicted molar refractivity (Wildman–Crippen MR) is 109 cm³/mol. The van der Waals surface area contributed by atoms with E-state index in [1.54, 1.807) is 31.4 Å². The fourth-order valence-corrected chi connectivity index (χ4v) is 4.15. The SMILES string of the molecule is CCN(CC)S(=O)(=O)c1cccc(NC(=S)Nc2ccc(OC)cc2)c1. The van der Waals surface area contributed by atoms with Crippen LogP contribution in [0.25, 0.3) is 0 Å². The molecule has 2 rings (SSSR count). The summed E-state index contributed by atoms with van der Waals surface area (Å²) in [4.78, 5) is 0.235. The zero-order valence-corrected chi connectivity index (χ0v) is 16.7. The van der Waals surface area contributed by atoms with Gasteiger partial charge < -0.3 is 15.4 Å². The second kappa shape index (κ2) is 8.98. The molecule has 0 aliphatic rings. The molecule has 0 amide bonds. The first-order chi connectivity index (χ1) is 12.4. The lowest BCUT2D eigenvalue weighted by atomic mass is 10.3. The molecule has 2 N–H and O–H groups in total. The molecule has 0 heterocycles. The van der Waals surface area contributed by atoms with Crippen molar-refractivity contribution < 1.29 is 13.2 Å². The van der Waals surface area contributed by atoms with E-state index < -0.39 is 10.0 Å². The standard InChI is InChI=1S/C18H23N3O3S2/c1-4-21(5-2)26(22,23)17-8-6-7-15(13-17)20-18(25)19-14-9-11-16(24-3)12-10-14/h6-13H,4-5H2,1-3H3,(H2,19,20,25). The van der Waals surface area contributed by atoms with E-state index in [9.17, 15) is 8.42 Å². The minimum atomic E-state index is -3.51. The van der Waals surface area contributed by atoms with Gasteiger partial charge >= 0.3 is 0 Å². The van der Waals surface area contributed by atoms with Gasteiger partial charge in [0.05, 0.1) is 12.0 Å². The van der Waals surface area contributed by atoms with E-state index in [2.05, 4.69) is 10.6 Å². The molecule has 0 aromatic heterocycles. The molecule has 2 aromatic rings. The maximum absolute atomic E-state index is 12.6. The third-order valence-electron chi connectivity index (χ3n) is 3.78. The smallest absolute Gasteiger partial charge is 0.243 e. The van der Waals surface area contributed by atoms with Crippen LogP contribution in [0.15, 0.2) is 53.4 Å². The Bertz CT molecular complexity index is 848. The predicted octanol–water partition coefficient (Wildman–Crippen LogP) is 3.53. The fourth-order valence-electron chi connectivity index (χ4n) is 2.41. The van der Waals surface area contributed by atoms with Gasteiger partial charge in [0.2, 0.25) is 10.0 Å². The van der Waals surface area contributed by atoms with Crippen LogP contribution in [0, 0.1) is 0 Å². The summed E-state index contributed by atoms with van der Waals surface area (Å²) in [6, 6.07) is 13.9. The van der Waals surface area contributed by atoms with Gasteiger partial charge in [0.25, 0.3) is 0 Å². The third kappa shape index (κ3) is 4.94. The van der Waals surface area contributed by atoms with E-state index in [1.165, 1.54) is 4.31 Å². The molecule has 0 spiro atoms. The molecule has 0 aliphatic carbocycles. The fraction of sp³-hybridized carbons (Fsp3) is 0.278. The molecule has 0 atom stereocenters. The van der Waals surface area contributed by atoms with Gasteiger partial charge in [0, 0.05) is 24.5 Å². The number of thiocarbonyl (C=S) groups is 1. The highest BCUT2D eigenvalue weighted by Crippen LogP contribution is 2.20. The molecule has 2 aromatic carbocycles. The van der Waals surface area contributed by atoms with Crippen molar-refractivity contribution in [3.05, 3.63) is 48.5 Å². The summed E-state index contributed by atoms with van der Waals surface area (Å²) in [7, 11) is -1.91. The Kier molecular flexibility index (Phi) is 6.96. The van der Waals surface area contributed by atoms with Crippen LogP contribution in [0.5, 0.6) is 5.75 Å². The third-order valence-corrected chi connectivity index (χ3v) is 6.03. The van der Waals surface area contributed by atoms with E-state index in [-0.39, 0.29) is 4.90 Å². The van der Waals surface area contributed by atoms with Gasteiger partial charge in [-0.2, -0.15) is 4.31 Å². The number of benzene rings is 2. The normalized spacial score (nSPS) is 11.2. The lowest BCUT2D eigenvalue weighted by Crippen LogP contribution is -2.30. The molecular formula is C18H23N3O3S2. The Morgan fingerprint density at radius 2 is 1.65 bits per heavy atom. The highest BCUT2D eigenvalue weighted by atomic mass is 32.2. The highest BCUT2D eigenvalue weighted by Gasteiger charge is 2.21. The number of methoxy groups -OCH3 is 1. The van der Waals surface area contributed by atoms with Gasteiger partial charge in [-0.3, -0.25) is 0 Å². The minimum Gasteiger partial charge on any atom is -0.497 e. The second-order valence-corrected chi connectivity index (χ2v) is 7.77. The molecule has 0 unspecified atom stereocenters. The zero-order chi connectivity index (χ0) is 19.2. The maximum Gasteiger partial charge on any atom is 0.243 e. The van der Waals surface area contributed by atoms with E-state index in [0.29, 0.717) is 23.9 Å². The quantitative estimate of drug-likeness (QED) is 0.701. The van der Waals surface area contributed by atoms with Gasteiger partial charge in [0.1, 0.15) is 5.75 Å². The molecule has 0 saturated heterocycles. The van der Waals surface area contributed by atoms with Gasteiger partial charge in [-0.1, -0.05) is 19.9 Å². The van der Waals surface area contributed by atoms with Crippen LogP contribution < -0.4 is 15.4 Å². The Labute approximate surface area is 160 Å². The summed E-state index contributed by atoms with van der Waals surface area (Å²) in [5.41, 5.74) is 1.40. The Morgan fingerprint density at radius 1 is 1.04 bits per heavy atom. The first-order valence-electron chi connectivity index (χ1n) is 8.23. The molecule has 0 aliphatic heterocycles. The summed E-state index contributed by atoms with van der Waals surface area (Å²) in [5, 5.41) is 6.43. The monoisotopic (exact) mass is 393 g/mol. The van der Waals surface area contributed by atoms with Crippen molar-refractivity contribution in [2.75, 3.05) is 30.8 Å². The molecule has 0 saturated carbocycles. The summed E-state index contributed by atoms with van der Waals surface area (Å²) in [6.45, 7) is 4.48. The number of rotatable bonds is 7. The molecule has 0 bridgehead atoms. The van der Waals surface area contributed by atoms with Crippen molar-refractivity contribution in [1.82, 2.24) is 4.31 Å². The summed E-state index contributed by atoms with van der Waals surface area (Å²) >= 11 is 5.30. The van der Waals surface area contributed by atoms with Crippen LogP contribution in [0.2, 0.25) is 0 Å². The average molecular weight is 394 g/mol. The van der Waals surface area contributed by atoms with Gasteiger partial charge in [-0.05, 0) is 54.7 Å². The van der Waals surface area contributed by atoms with Crippen LogP contribution in [0.1, 0.15) is 13.8 Å². The van der Waals surface area contributed by atoms with E-state index in [1.807, 2.05) is 38.1 Å². The average Bonchev–Trinajstić information content (AvgIpc) is 2.63. The van der Waals surface area contributed by atoms with Crippen molar-refractivity contribution in [3.8, 4) is 5.75 Å². The molecule has 0 radical (unpaired) electrons. The lowest BCUT2D eigenvalue weighted by Gasteiger charge is -2.19. The number of ether oxygens (including phenoxy) is 1. The number of hydrogen-bond donors (Lipinski definition) is 2. The van der Waals surface area contributed by atoms with E-state index >= 15 is 0 Å². The molecular weight excluding hydrogens is 370 g/mol. The van der Waals surface area contributed by atoms with Crippen LogP contribution in [0.4, 0.5) is 11.4 Å². The van der Waals surface area contributed by atoms with Crippen LogP contribution >= 0.6 is 12.2 Å². The minimum absolute atomic E-state index is 0.235.